The summed E-state index contributed by atoms with van der Waals surface area (Å²) in [6.45, 7) is 2.49. The Kier molecular flexibility index (Phi) is 6.04. The lowest BCUT2D eigenvalue weighted by atomic mass is 10.2. The van der Waals surface area contributed by atoms with E-state index in [4.69, 9.17) is 4.74 Å². The average Bonchev–Trinajstić information content (AvgIpc) is 2.50. The number of para-hydroxylation sites is 1. The van der Waals surface area contributed by atoms with Crippen LogP contribution in [0.15, 0.2) is 48.5 Å². The van der Waals surface area contributed by atoms with Crippen LogP contribution in [0.2, 0.25) is 0 Å². The molecular weight excluding hydrogens is 377 g/mol. The molecule has 0 spiro atoms. The summed E-state index contributed by atoms with van der Waals surface area (Å²) >= 11 is 2.20. The molecule has 0 aliphatic carbocycles. The van der Waals surface area contributed by atoms with Crippen LogP contribution in [0.1, 0.15) is 18.9 Å². The second kappa shape index (κ2) is 8.02. The molecule has 21 heavy (non-hydrogen) atoms. The largest absolute Gasteiger partial charge is 0.493 e. The molecular formula is C17H18INO2. The molecule has 0 aliphatic rings. The summed E-state index contributed by atoms with van der Waals surface area (Å²) in [7, 11) is 0. The molecule has 2 aromatic carbocycles. The third kappa shape index (κ3) is 5.04. The molecule has 0 atom stereocenters. The normalized spacial score (nSPS) is 10.2. The predicted molar refractivity (Wildman–Crippen MR) is 93.7 cm³/mol. The number of nitrogens with one attached hydrogen (secondary N) is 1. The first-order chi connectivity index (χ1) is 10.2. The zero-order valence-corrected chi connectivity index (χ0v) is 14.1. The number of hydrogen-bond donors (Lipinski definition) is 1. The summed E-state index contributed by atoms with van der Waals surface area (Å²) in [4.78, 5) is 11.9. The van der Waals surface area contributed by atoms with E-state index >= 15 is 0 Å². The summed E-state index contributed by atoms with van der Waals surface area (Å²) in [6, 6.07) is 15.7. The maximum atomic E-state index is 11.9. The highest BCUT2D eigenvalue weighted by Gasteiger charge is 2.05. The Morgan fingerprint density at radius 2 is 1.86 bits per heavy atom. The minimum atomic E-state index is -0.0377. The number of ether oxygens (including phenoxy) is 1. The van der Waals surface area contributed by atoms with Crippen molar-refractivity contribution in [2.24, 2.45) is 0 Å². The molecule has 0 fully saturated rings. The van der Waals surface area contributed by atoms with Gasteiger partial charge < -0.3 is 10.1 Å². The van der Waals surface area contributed by atoms with Gasteiger partial charge in [-0.2, -0.15) is 0 Å². The Morgan fingerprint density at radius 3 is 2.52 bits per heavy atom. The van der Waals surface area contributed by atoms with Gasteiger partial charge in [0.05, 0.1) is 18.7 Å². The molecule has 1 N–H and O–H groups in total. The molecule has 0 saturated carbocycles. The van der Waals surface area contributed by atoms with Crippen LogP contribution in [0, 0.1) is 3.57 Å². The molecule has 0 aromatic heterocycles. The zero-order chi connectivity index (χ0) is 15.1. The highest BCUT2D eigenvalue weighted by molar-refractivity contribution is 14.1. The van der Waals surface area contributed by atoms with Gasteiger partial charge in [-0.15, -0.1) is 0 Å². The number of carbonyl (C=O) groups excluding carboxylic acids is 1. The van der Waals surface area contributed by atoms with Gasteiger partial charge in [-0.3, -0.25) is 4.79 Å². The zero-order valence-electron chi connectivity index (χ0n) is 11.9. The number of benzene rings is 2. The lowest BCUT2D eigenvalue weighted by Gasteiger charge is -2.09. The molecule has 2 aromatic rings. The molecule has 110 valence electrons. The Balaban J connectivity index is 1.77. The number of rotatable bonds is 6. The Morgan fingerprint density at radius 1 is 1.14 bits per heavy atom. The molecule has 0 aliphatic heterocycles. The van der Waals surface area contributed by atoms with Crippen molar-refractivity contribution in [3.8, 4) is 5.75 Å². The van der Waals surface area contributed by atoms with Crippen LogP contribution in [-0.4, -0.2) is 12.5 Å². The lowest BCUT2D eigenvalue weighted by molar-refractivity contribution is -0.116. The fraction of sp³-hybridized carbons (Fsp3) is 0.235. The van der Waals surface area contributed by atoms with Crippen LogP contribution in [0.3, 0.4) is 0 Å². The van der Waals surface area contributed by atoms with E-state index in [9.17, 15) is 4.79 Å². The van der Waals surface area contributed by atoms with Crippen LogP contribution < -0.4 is 10.1 Å². The number of hydrogen-bond acceptors (Lipinski definition) is 2. The van der Waals surface area contributed by atoms with E-state index in [1.54, 1.807) is 0 Å². The van der Waals surface area contributed by atoms with E-state index in [0.717, 1.165) is 21.4 Å². The van der Waals surface area contributed by atoms with Crippen LogP contribution in [0.5, 0.6) is 5.75 Å². The van der Waals surface area contributed by atoms with Crippen molar-refractivity contribution >= 4 is 34.2 Å². The summed E-state index contributed by atoms with van der Waals surface area (Å²) in [6.07, 6.45) is 1.35. The fourth-order valence-corrected chi connectivity index (χ4v) is 2.38. The first kappa shape index (κ1) is 15.8. The maximum Gasteiger partial charge on any atom is 0.227 e. The first-order valence-electron chi connectivity index (χ1n) is 6.95. The molecule has 0 heterocycles. The van der Waals surface area contributed by atoms with Gasteiger partial charge >= 0.3 is 0 Å². The predicted octanol–water partition coefficient (Wildman–Crippen LogP) is 4.26. The Labute approximate surface area is 138 Å². The lowest BCUT2D eigenvalue weighted by Crippen LogP contribution is -2.15. The van der Waals surface area contributed by atoms with Crippen molar-refractivity contribution in [3.05, 3.63) is 57.7 Å². The number of anilines is 1. The molecule has 0 bridgehead atoms. The van der Waals surface area contributed by atoms with Crippen LogP contribution >= 0.6 is 22.6 Å². The van der Waals surface area contributed by atoms with Gasteiger partial charge in [0, 0.05) is 3.57 Å². The smallest absolute Gasteiger partial charge is 0.227 e. The quantitative estimate of drug-likeness (QED) is 0.743. The number of aryl methyl sites for hydroxylation is 1. The van der Waals surface area contributed by atoms with Gasteiger partial charge in [0.15, 0.2) is 0 Å². The third-order valence-electron chi connectivity index (χ3n) is 3.08. The molecule has 0 unspecified atom stereocenters. The second-order valence-electron chi connectivity index (χ2n) is 4.62. The minimum Gasteiger partial charge on any atom is -0.493 e. The second-order valence-corrected chi connectivity index (χ2v) is 5.79. The van der Waals surface area contributed by atoms with Crippen LogP contribution in [0.4, 0.5) is 5.69 Å². The monoisotopic (exact) mass is 395 g/mol. The van der Waals surface area contributed by atoms with E-state index in [1.165, 1.54) is 5.56 Å². The van der Waals surface area contributed by atoms with Crippen molar-refractivity contribution in [1.82, 2.24) is 0 Å². The molecule has 1 amide bonds. The number of carbonyl (C=O) groups is 1. The van der Waals surface area contributed by atoms with Crippen molar-refractivity contribution in [3.63, 3.8) is 0 Å². The standard InChI is InChI=1S/C17H18INO2/c1-2-13-7-9-14(10-8-13)21-12-11-17(20)19-16-6-4-3-5-15(16)18/h3-10H,2,11-12H2,1H3,(H,19,20). The van der Waals surface area contributed by atoms with E-state index in [0.29, 0.717) is 13.0 Å². The summed E-state index contributed by atoms with van der Waals surface area (Å²) in [5.41, 5.74) is 2.12. The van der Waals surface area contributed by atoms with Crippen LogP contribution in [-0.2, 0) is 11.2 Å². The first-order valence-corrected chi connectivity index (χ1v) is 8.03. The minimum absolute atomic E-state index is 0.0377. The van der Waals surface area contributed by atoms with Gasteiger partial charge in [0.1, 0.15) is 5.75 Å². The van der Waals surface area contributed by atoms with Crippen molar-refractivity contribution < 1.29 is 9.53 Å². The number of halogens is 1. The van der Waals surface area contributed by atoms with Crippen LogP contribution in [0.25, 0.3) is 0 Å². The molecule has 0 radical (unpaired) electrons. The molecule has 3 nitrogen and oxygen atoms in total. The van der Waals surface area contributed by atoms with Crippen molar-refractivity contribution in [2.45, 2.75) is 19.8 Å². The maximum absolute atomic E-state index is 11.9. The molecule has 2 rings (SSSR count). The van der Waals surface area contributed by atoms with Gasteiger partial charge in [-0.25, -0.2) is 0 Å². The fourth-order valence-electron chi connectivity index (χ4n) is 1.86. The Hall–Kier alpha value is -1.56. The average molecular weight is 395 g/mol. The van der Waals surface area contributed by atoms with E-state index < -0.39 is 0 Å². The summed E-state index contributed by atoms with van der Waals surface area (Å²) < 4.78 is 6.61. The van der Waals surface area contributed by atoms with Crippen molar-refractivity contribution in [2.75, 3.05) is 11.9 Å². The van der Waals surface area contributed by atoms with E-state index in [-0.39, 0.29) is 5.91 Å². The van der Waals surface area contributed by atoms with Gasteiger partial charge in [-0.1, -0.05) is 31.2 Å². The van der Waals surface area contributed by atoms with Gasteiger partial charge in [0.25, 0.3) is 0 Å². The summed E-state index contributed by atoms with van der Waals surface area (Å²) in [5.74, 6) is 0.763. The third-order valence-corrected chi connectivity index (χ3v) is 4.02. The topological polar surface area (TPSA) is 38.3 Å². The molecule has 4 heteroatoms. The van der Waals surface area contributed by atoms with Gasteiger partial charge in [0.2, 0.25) is 5.91 Å². The van der Waals surface area contributed by atoms with Crippen molar-refractivity contribution in [1.29, 1.82) is 0 Å². The summed E-state index contributed by atoms with van der Waals surface area (Å²) in [5, 5.41) is 2.89. The highest BCUT2D eigenvalue weighted by Crippen LogP contribution is 2.17. The highest BCUT2D eigenvalue weighted by atomic mass is 127. The Bertz CT molecular complexity index is 596. The van der Waals surface area contributed by atoms with Gasteiger partial charge in [-0.05, 0) is 58.8 Å². The van der Waals surface area contributed by atoms with E-state index in [2.05, 4.69) is 34.8 Å². The SMILES string of the molecule is CCc1ccc(OCCC(=O)Nc2ccccc2I)cc1. The number of amides is 1. The molecule has 0 saturated heterocycles. The van der Waals surface area contributed by atoms with E-state index in [1.807, 2.05) is 48.5 Å².